The fraction of sp³-hybridized carbons (Fsp3) is 0.296. The molecule has 4 atom stereocenters. The number of aliphatic hydroxyl groups excluding tert-OH is 1. The van der Waals surface area contributed by atoms with Gasteiger partial charge in [0.2, 0.25) is 11.6 Å². The minimum atomic E-state index is -2.53. The molecule has 1 unspecified atom stereocenters. The molecule has 2 aromatic carbocycles. The summed E-state index contributed by atoms with van der Waals surface area (Å²) in [5.74, 6) is -2.92. The number of carbonyl (C=O) groups excluding carboxylic acids is 1. The molecule has 0 aliphatic carbocycles. The average molecular weight is 588 g/mol. The zero-order valence-corrected chi connectivity index (χ0v) is 22.7. The molecule has 14 heteroatoms. The van der Waals surface area contributed by atoms with E-state index in [0.717, 1.165) is 36.2 Å². The van der Waals surface area contributed by atoms with E-state index in [1.54, 1.807) is 24.3 Å². The third-order valence-corrected chi connectivity index (χ3v) is 6.69. The molecule has 2 aromatic heterocycles. The number of carboxylic acids is 1. The van der Waals surface area contributed by atoms with E-state index >= 15 is 4.39 Å². The van der Waals surface area contributed by atoms with Crippen LogP contribution in [0.4, 0.5) is 10.2 Å². The summed E-state index contributed by atoms with van der Waals surface area (Å²) in [6.07, 6.45) is -4.96. The Morgan fingerprint density at radius 2 is 1.76 bits per heavy atom. The van der Waals surface area contributed by atoms with E-state index in [4.69, 9.17) is 31.5 Å². The number of benzene rings is 2. The van der Waals surface area contributed by atoms with Crippen molar-refractivity contribution in [1.82, 2.24) is 19.5 Å². The fourth-order valence-electron chi connectivity index (χ4n) is 4.27. The van der Waals surface area contributed by atoms with Crippen LogP contribution >= 0.6 is 11.6 Å². The van der Waals surface area contributed by atoms with Gasteiger partial charge in [-0.05, 0) is 28.3 Å². The molecule has 12 nitrogen and oxygen atoms in total. The first kappa shape index (κ1) is 29.8. The number of aromatic nitrogens is 4. The number of rotatable bonds is 12. The quantitative estimate of drug-likeness (QED) is 0.126. The Morgan fingerprint density at radius 3 is 2.37 bits per heavy atom. The van der Waals surface area contributed by atoms with Gasteiger partial charge in [0.05, 0.1) is 20.0 Å². The third-order valence-electron chi connectivity index (χ3n) is 6.52. The molecule has 2 heterocycles. The second-order valence-electron chi connectivity index (χ2n) is 9.01. The second-order valence-corrected chi connectivity index (χ2v) is 9.35. The van der Waals surface area contributed by atoms with E-state index in [2.05, 4.69) is 15.0 Å². The molecule has 0 fully saturated rings. The van der Waals surface area contributed by atoms with Crippen molar-refractivity contribution in [2.45, 2.75) is 30.5 Å². The predicted molar refractivity (Wildman–Crippen MR) is 146 cm³/mol. The number of nitrogen functional groups attached to an aromatic ring is 1. The number of halogens is 2. The number of imidazole rings is 1. The highest BCUT2D eigenvalue weighted by atomic mass is 35.5. The standard InChI is InChI=1S/C27H27ClFN5O7/c1-39-18(20(35)21(29)34-14-31-19-22(30)32-26(28)33-23(19)34)13-41-27(24(36)37,25(38)40-2)12-15-8-10-17(11-9-15)16-6-4-3-5-7-16/h3-11,14,18,20-21,35H,12-13H2,1-2H3,(H,36,37)(H2,30,32,33)/t18-,20-,21-,27?/m1/s1. The molecular weight excluding hydrogens is 561 g/mol. The zero-order chi connectivity index (χ0) is 29.7. The monoisotopic (exact) mass is 587 g/mol. The smallest absolute Gasteiger partial charge is 0.350 e. The van der Waals surface area contributed by atoms with Crippen LogP contribution in [0.5, 0.6) is 0 Å². The molecule has 0 spiro atoms. The second kappa shape index (κ2) is 12.6. The van der Waals surface area contributed by atoms with Crippen molar-refractivity contribution in [1.29, 1.82) is 0 Å². The lowest BCUT2D eigenvalue weighted by molar-refractivity contribution is -0.194. The van der Waals surface area contributed by atoms with Gasteiger partial charge in [-0.15, -0.1) is 0 Å². The number of anilines is 1. The van der Waals surface area contributed by atoms with Crippen LogP contribution in [-0.2, 0) is 30.2 Å². The number of fused-ring (bicyclic) bond motifs is 1. The molecular formula is C27H27ClFN5O7. The number of methoxy groups -OCH3 is 2. The molecule has 41 heavy (non-hydrogen) atoms. The summed E-state index contributed by atoms with van der Waals surface area (Å²) in [5.41, 5.74) is 5.49. The number of aliphatic hydroxyl groups is 1. The van der Waals surface area contributed by atoms with Gasteiger partial charge < -0.3 is 30.2 Å². The molecule has 216 valence electrons. The zero-order valence-electron chi connectivity index (χ0n) is 22.0. The Bertz CT molecular complexity index is 1520. The first-order chi connectivity index (χ1) is 19.6. The molecule has 4 N–H and O–H groups in total. The topological polar surface area (TPSA) is 172 Å². The van der Waals surface area contributed by atoms with Crippen LogP contribution < -0.4 is 5.73 Å². The lowest BCUT2D eigenvalue weighted by Crippen LogP contribution is -2.54. The SMILES string of the molecule is COC(=O)C(Cc1ccc(-c2ccccc2)cc1)(OC[C@@H](OC)[C@@H](O)[C@H](F)n1cnc2c(N)nc(Cl)nc21)C(=O)O. The minimum absolute atomic E-state index is 0.0586. The van der Waals surface area contributed by atoms with Crippen LogP contribution in [0, 0.1) is 0 Å². The number of esters is 1. The van der Waals surface area contributed by atoms with Crippen LogP contribution in [0.2, 0.25) is 5.28 Å². The van der Waals surface area contributed by atoms with Gasteiger partial charge in [-0.2, -0.15) is 9.97 Å². The maximum absolute atomic E-state index is 15.5. The van der Waals surface area contributed by atoms with Gasteiger partial charge in [0.25, 0.3) is 5.60 Å². The van der Waals surface area contributed by atoms with Crippen LogP contribution in [0.15, 0.2) is 60.9 Å². The molecule has 0 bridgehead atoms. The number of nitrogens with zero attached hydrogens (tertiary/aromatic N) is 4. The van der Waals surface area contributed by atoms with Crippen LogP contribution in [0.1, 0.15) is 11.9 Å². The number of carbonyl (C=O) groups is 2. The highest BCUT2D eigenvalue weighted by Crippen LogP contribution is 2.28. The Kier molecular flexibility index (Phi) is 9.13. The van der Waals surface area contributed by atoms with E-state index in [1.807, 2.05) is 30.3 Å². The molecule has 4 aromatic rings. The number of ether oxygens (including phenoxy) is 3. The molecule has 0 aliphatic rings. The van der Waals surface area contributed by atoms with E-state index in [0.29, 0.717) is 5.56 Å². The molecule has 0 saturated heterocycles. The molecule has 0 radical (unpaired) electrons. The molecule has 0 amide bonds. The summed E-state index contributed by atoms with van der Waals surface area (Å²) < 4.78 is 32.0. The number of carboxylic acid groups (broad SMARTS) is 1. The minimum Gasteiger partial charge on any atom is -0.479 e. The van der Waals surface area contributed by atoms with Crippen LogP contribution in [-0.4, -0.2) is 80.3 Å². The normalized spacial score (nSPS) is 15.1. The van der Waals surface area contributed by atoms with E-state index in [1.165, 1.54) is 0 Å². The van der Waals surface area contributed by atoms with Crippen molar-refractivity contribution >= 4 is 40.5 Å². The summed E-state index contributed by atoms with van der Waals surface area (Å²) in [5, 5.41) is 20.7. The Labute approximate surface area is 238 Å². The van der Waals surface area contributed by atoms with Crippen LogP contribution in [0.3, 0.4) is 0 Å². The van der Waals surface area contributed by atoms with Crippen molar-refractivity contribution in [2.24, 2.45) is 0 Å². The van der Waals surface area contributed by atoms with Gasteiger partial charge in [0.1, 0.15) is 17.7 Å². The highest BCUT2D eigenvalue weighted by Gasteiger charge is 2.50. The summed E-state index contributed by atoms with van der Waals surface area (Å²) in [7, 11) is 2.18. The van der Waals surface area contributed by atoms with Gasteiger partial charge in [-0.1, -0.05) is 54.6 Å². The van der Waals surface area contributed by atoms with Crippen molar-refractivity contribution in [3.8, 4) is 11.1 Å². The first-order valence-corrected chi connectivity index (χ1v) is 12.6. The van der Waals surface area contributed by atoms with Gasteiger partial charge in [0.15, 0.2) is 11.5 Å². The van der Waals surface area contributed by atoms with E-state index in [9.17, 15) is 19.8 Å². The van der Waals surface area contributed by atoms with Crippen molar-refractivity contribution in [3.63, 3.8) is 0 Å². The largest absolute Gasteiger partial charge is 0.479 e. The Morgan fingerprint density at radius 1 is 1.10 bits per heavy atom. The lowest BCUT2D eigenvalue weighted by Gasteiger charge is -2.31. The van der Waals surface area contributed by atoms with E-state index < -0.39 is 49.1 Å². The van der Waals surface area contributed by atoms with Crippen molar-refractivity contribution in [3.05, 3.63) is 71.8 Å². The number of alkyl halides is 1. The summed E-state index contributed by atoms with van der Waals surface area (Å²) in [6, 6.07) is 16.4. The predicted octanol–water partition coefficient (Wildman–Crippen LogP) is 2.83. The maximum Gasteiger partial charge on any atom is 0.350 e. The summed E-state index contributed by atoms with van der Waals surface area (Å²) in [6.45, 7) is -0.702. The van der Waals surface area contributed by atoms with Gasteiger partial charge >= 0.3 is 11.9 Å². The highest BCUT2D eigenvalue weighted by molar-refractivity contribution is 6.28. The number of hydrogen-bond donors (Lipinski definition) is 3. The van der Waals surface area contributed by atoms with Gasteiger partial charge in [-0.25, -0.2) is 19.0 Å². The third kappa shape index (κ3) is 6.12. The number of hydrogen-bond acceptors (Lipinski definition) is 10. The van der Waals surface area contributed by atoms with Gasteiger partial charge in [0, 0.05) is 13.5 Å². The lowest BCUT2D eigenvalue weighted by atomic mass is 9.92. The first-order valence-electron chi connectivity index (χ1n) is 12.2. The van der Waals surface area contributed by atoms with E-state index in [-0.39, 0.29) is 22.3 Å². The summed E-state index contributed by atoms with van der Waals surface area (Å²) in [4.78, 5) is 36.9. The summed E-state index contributed by atoms with van der Waals surface area (Å²) >= 11 is 5.83. The molecule has 0 saturated carbocycles. The fourth-order valence-corrected chi connectivity index (χ4v) is 4.44. The van der Waals surface area contributed by atoms with Crippen molar-refractivity contribution in [2.75, 3.05) is 26.6 Å². The number of aliphatic carboxylic acids is 1. The van der Waals surface area contributed by atoms with Crippen LogP contribution in [0.25, 0.3) is 22.3 Å². The van der Waals surface area contributed by atoms with Gasteiger partial charge in [-0.3, -0.25) is 4.57 Å². The Hall–Kier alpha value is -4.17. The number of nitrogens with two attached hydrogens (primary N) is 1. The average Bonchev–Trinajstić information content (AvgIpc) is 3.40. The maximum atomic E-state index is 15.5. The van der Waals surface area contributed by atoms with Crippen molar-refractivity contribution < 1.29 is 38.4 Å². The molecule has 4 rings (SSSR count). The Balaban J connectivity index is 1.56. The molecule has 0 aliphatic heterocycles.